The number of ether oxygens (including phenoxy) is 12. The molecular weight excluding hydrogens is 1300 g/mol. The Morgan fingerprint density at radius 1 is 0.458 bits per heavy atom. The minimum atomic E-state index is -2.11. The molecule has 0 saturated carbocycles. The van der Waals surface area contributed by atoms with Gasteiger partial charge in [0, 0.05) is 24.3 Å². The van der Waals surface area contributed by atoms with Crippen LogP contribution in [0.5, 0.6) is 57.5 Å². The lowest BCUT2D eigenvalue weighted by atomic mass is 9.98. The van der Waals surface area contributed by atoms with E-state index < -0.39 is 232 Å². The molecule has 4 fully saturated rings. The van der Waals surface area contributed by atoms with Crippen LogP contribution in [0.4, 0.5) is 0 Å². The molecule has 522 valence electrons. The molecule has 5 heterocycles. The first-order chi connectivity index (χ1) is 45.5. The number of aliphatic carboxylic acids is 1. The molecule has 0 radical (unpaired) electrons. The van der Waals surface area contributed by atoms with Crippen LogP contribution < -0.4 is 14.2 Å². The Morgan fingerprint density at radius 2 is 0.865 bits per heavy atom. The van der Waals surface area contributed by atoms with Gasteiger partial charge in [0.05, 0.1) is 18.2 Å². The highest BCUT2D eigenvalue weighted by Gasteiger charge is 2.51. The molecule has 96 heavy (non-hydrogen) atoms. The number of phenolic OH excluding ortho intramolecular Hbond substituents is 6. The third-order valence-corrected chi connectivity index (χ3v) is 15.4. The zero-order chi connectivity index (χ0) is 69.7. The van der Waals surface area contributed by atoms with Crippen LogP contribution in [-0.2, 0) is 57.1 Å². The SMILES string of the molecule is O=C(O)CC(=O)OCC1OC(Oc2cc(O)cc3c2C=C(OC2OC(COC(=O)C=Cc4ccc(OC5OC(COC(=O)C=Cc6ccc(OC7OC(CO)C(O)C(O)C7O)c(O)c6)C(O)C(O)C5O)c(O)c4)C(O)C(O)C2O)C(c2cc(O)c(O)c(O)c2)[OH+]3)C(O)C(O)C1O. The zero-order valence-corrected chi connectivity index (χ0v) is 49.3. The molecule has 36 heteroatoms. The van der Waals surface area contributed by atoms with Crippen molar-refractivity contribution in [1.82, 2.24) is 0 Å². The molecule has 0 spiro atoms. The summed E-state index contributed by atoms with van der Waals surface area (Å²) in [5.74, 6) is -10.8. The smallest absolute Gasteiger partial charge is 0.330 e. The molecule has 21 N–H and O–H groups in total. The topological polar surface area (TPSA) is 587 Å². The summed E-state index contributed by atoms with van der Waals surface area (Å²) in [6.07, 6.45) is -33.9. The number of aliphatic hydroxyl groups is 14. The molecule has 5 aliphatic rings. The van der Waals surface area contributed by atoms with E-state index in [0.29, 0.717) is 0 Å². The van der Waals surface area contributed by atoms with E-state index in [-0.39, 0.29) is 39.5 Å². The van der Waals surface area contributed by atoms with Gasteiger partial charge in [0.2, 0.25) is 25.2 Å². The number of carbonyl (C=O) groups is 4. The number of aliphatic hydroxyl groups excluding tert-OH is 13. The van der Waals surface area contributed by atoms with E-state index in [1.165, 1.54) is 24.3 Å². The average Bonchev–Trinajstić information content (AvgIpc) is 0.763. The highest BCUT2D eigenvalue weighted by atomic mass is 16.7. The fourth-order valence-electron chi connectivity index (χ4n) is 10.2. The van der Waals surface area contributed by atoms with Gasteiger partial charge in [0.25, 0.3) is 11.9 Å². The molecular formula is C60H67O36+. The van der Waals surface area contributed by atoms with Crippen molar-refractivity contribution in [2.45, 2.75) is 135 Å². The lowest BCUT2D eigenvalue weighted by Gasteiger charge is -2.41. The molecule has 0 aliphatic carbocycles. The van der Waals surface area contributed by atoms with E-state index >= 15 is 0 Å². The second-order valence-electron chi connectivity index (χ2n) is 22.2. The standard InChI is InChI=1S/C60H66O36/c61-17-35-44(73)48(77)52(81)57(93-35)89-30-5-1-21(9-26(30)63)3-7-40(69)85-18-36-45(74)49(78)53(82)58(94-36)90-31-6-2-22(10-27(31)64)4-8-41(70)86-19-37-46(75)51(80)55(84)60(96-37)92-34-15-25-32(88-56(34)23-11-28(65)43(72)29(66)12-23)13-24(62)14-33(25)91-59-54(83)50(79)47(76)38(95-59)20-87-42(71)16-39(67)68/h1-15,35-38,44-66,72-84H,16-20H2,(H,67,68)/p+1. The number of esters is 3. The Balaban J connectivity index is 0.814. The minimum absolute atomic E-state index is 0.116. The number of hydrogen-bond acceptors (Lipinski definition) is 34. The summed E-state index contributed by atoms with van der Waals surface area (Å²) in [5.41, 5.74) is 0.0576. The Bertz CT molecular complexity index is 3510. The molecule has 0 amide bonds. The van der Waals surface area contributed by atoms with E-state index in [9.17, 15) is 116 Å². The molecule has 4 aromatic carbocycles. The highest BCUT2D eigenvalue weighted by Crippen LogP contribution is 2.49. The van der Waals surface area contributed by atoms with Crippen molar-refractivity contribution in [1.29, 1.82) is 0 Å². The van der Waals surface area contributed by atoms with Crippen LogP contribution in [0.15, 0.2) is 78.6 Å². The Labute approximate surface area is 539 Å². The normalized spacial score (nSPS) is 32.1. The van der Waals surface area contributed by atoms with Crippen LogP contribution in [-0.4, -0.2) is 280 Å². The van der Waals surface area contributed by atoms with Gasteiger partial charge in [0.1, 0.15) is 141 Å². The Morgan fingerprint density at radius 3 is 1.29 bits per heavy atom. The predicted octanol–water partition coefficient (Wildman–Crippen LogP) is -4.84. The minimum Gasteiger partial charge on any atom is -0.571 e. The fourth-order valence-corrected chi connectivity index (χ4v) is 10.2. The second kappa shape index (κ2) is 30.4. The largest absolute Gasteiger partial charge is 0.571 e. The van der Waals surface area contributed by atoms with Crippen molar-refractivity contribution in [2.75, 3.05) is 26.4 Å². The van der Waals surface area contributed by atoms with E-state index in [2.05, 4.69) is 4.74 Å². The van der Waals surface area contributed by atoms with Gasteiger partial charge in [-0.05, 0) is 59.7 Å². The van der Waals surface area contributed by atoms with Crippen molar-refractivity contribution in [2.24, 2.45) is 0 Å². The van der Waals surface area contributed by atoms with Gasteiger partial charge >= 0.3 is 23.9 Å². The van der Waals surface area contributed by atoms with Crippen molar-refractivity contribution >= 4 is 42.1 Å². The number of fused-ring (bicyclic) bond motifs is 1. The number of benzene rings is 4. The molecule has 21 atom stereocenters. The maximum atomic E-state index is 13.1. The second-order valence-corrected chi connectivity index (χ2v) is 22.2. The number of carboxylic acids is 1. The van der Waals surface area contributed by atoms with Gasteiger partial charge in [0.15, 0.2) is 46.0 Å². The average molecular weight is 1360 g/mol. The van der Waals surface area contributed by atoms with Crippen LogP contribution >= 0.6 is 0 Å². The van der Waals surface area contributed by atoms with Crippen molar-refractivity contribution < 1.29 is 178 Å². The monoisotopic (exact) mass is 1360 g/mol. The third kappa shape index (κ3) is 16.3. The van der Waals surface area contributed by atoms with Crippen molar-refractivity contribution in [3.05, 3.63) is 101 Å². The Kier molecular flexibility index (Phi) is 22.6. The van der Waals surface area contributed by atoms with E-state index in [0.717, 1.165) is 66.8 Å². The lowest BCUT2D eigenvalue weighted by Crippen LogP contribution is -2.60. The third-order valence-electron chi connectivity index (χ3n) is 15.4. The van der Waals surface area contributed by atoms with Crippen LogP contribution in [0.1, 0.15) is 34.8 Å². The number of phenols is 6. The molecule has 36 nitrogen and oxygen atoms in total. The molecule has 9 rings (SSSR count). The summed E-state index contributed by atoms with van der Waals surface area (Å²) < 4.78 is 65.1. The summed E-state index contributed by atoms with van der Waals surface area (Å²) in [5, 5.41) is 209. The van der Waals surface area contributed by atoms with Crippen LogP contribution in [0.2, 0.25) is 0 Å². The predicted molar refractivity (Wildman–Crippen MR) is 308 cm³/mol. The van der Waals surface area contributed by atoms with Crippen LogP contribution in [0.25, 0.3) is 18.2 Å². The van der Waals surface area contributed by atoms with Gasteiger partial charge < -0.3 is 159 Å². The number of rotatable bonds is 22. The van der Waals surface area contributed by atoms with E-state index in [1.807, 2.05) is 0 Å². The fraction of sp³-hybridized carbons (Fsp3) is 0.433. The Hall–Kier alpha value is -8.90. The van der Waals surface area contributed by atoms with E-state index in [1.54, 1.807) is 0 Å². The quantitative estimate of drug-likeness (QED) is 0.00876. The van der Waals surface area contributed by atoms with Gasteiger partial charge in [-0.25, -0.2) is 9.59 Å². The number of aromatic hydroxyl groups is 7. The number of hydrogen-bond donors (Lipinski definition) is 20. The zero-order valence-electron chi connectivity index (χ0n) is 49.3. The summed E-state index contributed by atoms with van der Waals surface area (Å²) in [7, 11) is 0. The summed E-state index contributed by atoms with van der Waals surface area (Å²) >= 11 is 0. The lowest BCUT2D eigenvalue weighted by molar-refractivity contribution is -0.296. The summed E-state index contributed by atoms with van der Waals surface area (Å²) in [4.78, 5) is 48.7. The maximum absolute atomic E-state index is 13.1. The van der Waals surface area contributed by atoms with Gasteiger partial charge in [-0.15, -0.1) is 0 Å². The molecule has 0 aromatic heterocycles. The van der Waals surface area contributed by atoms with E-state index in [4.69, 9.17) is 57.2 Å². The number of carbonyl (C=O) groups excluding carboxylic acids is 3. The highest BCUT2D eigenvalue weighted by molar-refractivity contribution is 5.90. The van der Waals surface area contributed by atoms with Crippen molar-refractivity contribution in [3.63, 3.8) is 0 Å². The molecule has 0 bridgehead atoms. The molecule has 21 unspecified atom stereocenters. The maximum Gasteiger partial charge on any atom is 0.330 e. The molecule has 4 aromatic rings. The van der Waals surface area contributed by atoms with Crippen LogP contribution in [0.3, 0.4) is 0 Å². The molecule has 4 saturated heterocycles. The molecule has 5 aliphatic heterocycles. The summed E-state index contributed by atoms with van der Waals surface area (Å²) in [6, 6.07) is 11.2. The first-order valence-corrected chi connectivity index (χ1v) is 28.8. The first kappa shape index (κ1) is 71.4. The first-order valence-electron chi connectivity index (χ1n) is 28.8. The van der Waals surface area contributed by atoms with Crippen LogP contribution in [0, 0.1) is 0 Å². The van der Waals surface area contributed by atoms with Gasteiger partial charge in [-0.3, -0.25) is 9.59 Å². The van der Waals surface area contributed by atoms with Gasteiger partial charge in [-0.1, -0.05) is 12.1 Å². The van der Waals surface area contributed by atoms with Crippen molar-refractivity contribution in [3.8, 4) is 57.5 Å². The van der Waals surface area contributed by atoms with Gasteiger partial charge in [-0.2, -0.15) is 0 Å². The summed E-state index contributed by atoms with van der Waals surface area (Å²) in [6.45, 7) is -3.13. The number of carboxylic acid groups (broad SMARTS) is 1.